The molecule has 0 N–H and O–H groups in total. The molecule has 0 amide bonds. The summed E-state index contributed by atoms with van der Waals surface area (Å²) in [6.45, 7) is 4.98. The fourth-order valence-electron chi connectivity index (χ4n) is 3.42. The molecule has 30 heavy (non-hydrogen) atoms. The number of imidazole rings is 1. The predicted molar refractivity (Wildman–Crippen MR) is 105 cm³/mol. The van der Waals surface area contributed by atoms with E-state index in [1.807, 2.05) is 0 Å². The maximum atomic E-state index is 13.9. The van der Waals surface area contributed by atoms with Crippen LogP contribution in [0.15, 0.2) is 41.1 Å². The van der Waals surface area contributed by atoms with Crippen LogP contribution in [0.2, 0.25) is 0 Å². The third-order valence-corrected chi connectivity index (χ3v) is 5.00. The molecule has 0 aliphatic rings. The fourth-order valence-corrected chi connectivity index (χ4v) is 3.42. The van der Waals surface area contributed by atoms with E-state index in [-0.39, 0.29) is 24.4 Å². The first kappa shape index (κ1) is 19.8. The van der Waals surface area contributed by atoms with Gasteiger partial charge in [-0.3, -0.25) is 9.20 Å². The number of pyridine rings is 1. The van der Waals surface area contributed by atoms with Gasteiger partial charge < -0.3 is 9.26 Å². The van der Waals surface area contributed by atoms with Crippen molar-refractivity contribution in [3.05, 3.63) is 82.1 Å². The van der Waals surface area contributed by atoms with Crippen molar-refractivity contribution < 1.29 is 22.8 Å². The lowest BCUT2D eigenvalue weighted by molar-refractivity contribution is 0.0986. The molecule has 0 bridgehead atoms. The first-order valence-corrected chi connectivity index (χ1v) is 9.35. The number of benzene rings is 1. The molecular formula is C22H19F2N3O3. The number of carbonyl (C=O) groups is 1. The second-order valence-corrected chi connectivity index (χ2v) is 7.00. The Labute approximate surface area is 171 Å². The van der Waals surface area contributed by atoms with Gasteiger partial charge in [0.05, 0.1) is 17.0 Å². The standard InChI is InChI=1S/C22H19F2N3O3/c1-12-15(14(3)30-26-12)10-19(28)21-13(2)25-22-20(8-5-9-27(21)22)29-11-16-17(23)6-4-7-18(16)24/h4-9H,10-11H2,1-3H3. The van der Waals surface area contributed by atoms with Gasteiger partial charge >= 0.3 is 0 Å². The number of aryl methyl sites for hydroxylation is 3. The van der Waals surface area contributed by atoms with E-state index in [0.717, 1.165) is 5.56 Å². The van der Waals surface area contributed by atoms with Crippen molar-refractivity contribution in [1.29, 1.82) is 0 Å². The third kappa shape index (κ3) is 3.45. The molecule has 3 aromatic heterocycles. The molecule has 0 aliphatic heterocycles. The molecule has 0 unspecified atom stereocenters. The van der Waals surface area contributed by atoms with Crippen LogP contribution in [-0.2, 0) is 13.0 Å². The molecule has 0 radical (unpaired) electrons. The van der Waals surface area contributed by atoms with Crippen molar-refractivity contribution in [2.24, 2.45) is 0 Å². The number of ketones is 1. The first-order valence-electron chi connectivity index (χ1n) is 9.35. The number of carbonyl (C=O) groups excluding carboxylic acids is 1. The van der Waals surface area contributed by atoms with Gasteiger partial charge in [0, 0.05) is 18.2 Å². The van der Waals surface area contributed by atoms with Gasteiger partial charge in [-0.2, -0.15) is 0 Å². The first-order chi connectivity index (χ1) is 14.4. The summed E-state index contributed by atoms with van der Waals surface area (Å²) in [6, 6.07) is 6.97. The van der Waals surface area contributed by atoms with Gasteiger partial charge in [-0.05, 0) is 45.0 Å². The van der Waals surface area contributed by atoms with E-state index in [1.54, 1.807) is 43.5 Å². The molecular weight excluding hydrogens is 392 g/mol. The lowest BCUT2D eigenvalue weighted by Gasteiger charge is -2.09. The van der Waals surface area contributed by atoms with Crippen LogP contribution in [0.5, 0.6) is 5.75 Å². The van der Waals surface area contributed by atoms with E-state index >= 15 is 0 Å². The van der Waals surface area contributed by atoms with Crippen LogP contribution >= 0.6 is 0 Å². The summed E-state index contributed by atoms with van der Waals surface area (Å²) in [5.41, 5.74) is 2.58. The van der Waals surface area contributed by atoms with Crippen LogP contribution < -0.4 is 4.74 Å². The van der Waals surface area contributed by atoms with E-state index in [1.165, 1.54) is 18.2 Å². The number of nitrogens with zero attached hydrogens (tertiary/aromatic N) is 3. The van der Waals surface area contributed by atoms with Crippen molar-refractivity contribution in [1.82, 2.24) is 14.5 Å². The molecule has 0 saturated heterocycles. The number of halogens is 2. The summed E-state index contributed by atoms with van der Waals surface area (Å²) in [5, 5.41) is 3.89. The molecule has 154 valence electrons. The molecule has 0 aliphatic carbocycles. The van der Waals surface area contributed by atoms with Crippen LogP contribution in [0, 0.1) is 32.4 Å². The van der Waals surface area contributed by atoms with Crippen LogP contribution in [0.3, 0.4) is 0 Å². The molecule has 0 saturated carbocycles. The van der Waals surface area contributed by atoms with E-state index in [0.29, 0.717) is 34.2 Å². The lowest BCUT2D eigenvalue weighted by Crippen LogP contribution is -2.10. The van der Waals surface area contributed by atoms with E-state index in [4.69, 9.17) is 9.26 Å². The summed E-state index contributed by atoms with van der Waals surface area (Å²) < 4.78 is 40.2. The monoisotopic (exact) mass is 411 g/mol. The highest BCUT2D eigenvalue weighted by Gasteiger charge is 2.22. The summed E-state index contributed by atoms with van der Waals surface area (Å²) in [4.78, 5) is 17.5. The van der Waals surface area contributed by atoms with Crippen molar-refractivity contribution in [3.63, 3.8) is 0 Å². The molecule has 0 spiro atoms. The van der Waals surface area contributed by atoms with Crippen LogP contribution in [0.1, 0.15) is 38.8 Å². The minimum absolute atomic E-state index is 0.126. The van der Waals surface area contributed by atoms with Gasteiger partial charge in [-0.25, -0.2) is 13.8 Å². The van der Waals surface area contributed by atoms with Crippen LogP contribution in [0.25, 0.3) is 5.65 Å². The highest BCUT2D eigenvalue weighted by molar-refractivity contribution is 5.98. The Balaban J connectivity index is 1.66. The Morgan fingerprint density at radius 3 is 2.47 bits per heavy atom. The Morgan fingerprint density at radius 2 is 1.80 bits per heavy atom. The van der Waals surface area contributed by atoms with Crippen molar-refractivity contribution in [2.45, 2.75) is 33.8 Å². The van der Waals surface area contributed by atoms with E-state index in [2.05, 4.69) is 10.1 Å². The zero-order valence-electron chi connectivity index (χ0n) is 16.7. The van der Waals surface area contributed by atoms with Crippen LogP contribution in [0.4, 0.5) is 8.78 Å². The Morgan fingerprint density at radius 1 is 1.07 bits per heavy atom. The zero-order valence-corrected chi connectivity index (χ0v) is 16.7. The summed E-state index contributed by atoms with van der Waals surface area (Å²) >= 11 is 0. The van der Waals surface area contributed by atoms with Crippen molar-refractivity contribution in [3.8, 4) is 5.75 Å². The molecule has 1 aromatic carbocycles. The Kier molecular flexibility index (Phi) is 5.07. The third-order valence-electron chi connectivity index (χ3n) is 5.00. The number of hydrogen-bond donors (Lipinski definition) is 0. The zero-order chi connectivity index (χ0) is 21.4. The second-order valence-electron chi connectivity index (χ2n) is 7.00. The van der Waals surface area contributed by atoms with Crippen LogP contribution in [-0.4, -0.2) is 20.3 Å². The predicted octanol–water partition coefficient (Wildman–Crippen LogP) is 4.53. The van der Waals surface area contributed by atoms with E-state index < -0.39 is 11.6 Å². The number of ether oxygens (including phenoxy) is 1. The number of hydrogen-bond acceptors (Lipinski definition) is 5. The largest absolute Gasteiger partial charge is 0.485 e. The van der Waals surface area contributed by atoms with Gasteiger partial charge in [0.15, 0.2) is 17.2 Å². The topological polar surface area (TPSA) is 69.6 Å². The SMILES string of the molecule is Cc1noc(C)c1CC(=O)c1c(C)nc2c(OCc3c(F)cccc3F)cccn12. The maximum Gasteiger partial charge on any atom is 0.186 e. The normalized spacial score (nSPS) is 11.2. The number of Topliss-reactive ketones (excluding diaryl/α,β-unsaturated/α-hetero) is 1. The number of rotatable bonds is 6. The smallest absolute Gasteiger partial charge is 0.186 e. The van der Waals surface area contributed by atoms with Gasteiger partial charge in [-0.1, -0.05) is 11.2 Å². The molecule has 4 aromatic rings. The van der Waals surface area contributed by atoms with E-state index in [9.17, 15) is 13.6 Å². The van der Waals surface area contributed by atoms with Gasteiger partial charge in [0.25, 0.3) is 0 Å². The lowest BCUT2D eigenvalue weighted by atomic mass is 10.0. The molecule has 4 rings (SSSR count). The maximum absolute atomic E-state index is 13.9. The molecule has 8 heteroatoms. The summed E-state index contributed by atoms with van der Waals surface area (Å²) in [5.74, 6) is -0.594. The van der Waals surface area contributed by atoms with Gasteiger partial charge in [0.2, 0.25) is 0 Å². The molecule has 3 heterocycles. The highest BCUT2D eigenvalue weighted by atomic mass is 19.1. The van der Waals surface area contributed by atoms with Gasteiger partial charge in [-0.15, -0.1) is 0 Å². The van der Waals surface area contributed by atoms with Crippen molar-refractivity contribution >= 4 is 11.4 Å². The highest BCUT2D eigenvalue weighted by Crippen LogP contribution is 2.25. The minimum Gasteiger partial charge on any atom is -0.485 e. The van der Waals surface area contributed by atoms with Crippen molar-refractivity contribution in [2.75, 3.05) is 0 Å². The second kappa shape index (κ2) is 7.70. The average molecular weight is 411 g/mol. The number of fused-ring (bicyclic) bond motifs is 1. The minimum atomic E-state index is -0.684. The fraction of sp³-hybridized carbons (Fsp3) is 0.227. The summed E-state index contributed by atoms with van der Waals surface area (Å²) in [6.07, 6.45) is 1.83. The Hall–Kier alpha value is -3.55. The van der Waals surface area contributed by atoms with Gasteiger partial charge in [0.1, 0.15) is 29.7 Å². The Bertz CT molecular complexity index is 1220. The molecule has 6 nitrogen and oxygen atoms in total. The molecule has 0 atom stereocenters. The molecule has 0 fully saturated rings. The average Bonchev–Trinajstić information content (AvgIpc) is 3.21. The quantitative estimate of drug-likeness (QED) is 0.436. The number of aromatic nitrogens is 3. The summed E-state index contributed by atoms with van der Waals surface area (Å²) in [7, 11) is 0.